The first-order valence-electron chi connectivity index (χ1n) is 5.61. The summed E-state index contributed by atoms with van der Waals surface area (Å²) >= 11 is 1.36. The zero-order valence-electron chi connectivity index (χ0n) is 10.7. The number of carbonyl (C=O) groups excluding carboxylic acids is 1. The summed E-state index contributed by atoms with van der Waals surface area (Å²) in [6, 6.07) is 3.42. The lowest BCUT2D eigenvalue weighted by Crippen LogP contribution is -2.41. The van der Waals surface area contributed by atoms with Crippen LogP contribution in [0.15, 0.2) is 17.5 Å². The fraction of sp³-hybridized carbons (Fsp3) is 0.545. The molecule has 0 aliphatic heterocycles. The summed E-state index contributed by atoms with van der Waals surface area (Å²) in [7, 11) is -3.23. The molecule has 0 atom stereocenters. The predicted molar refractivity (Wildman–Crippen MR) is 73.3 cm³/mol. The quantitative estimate of drug-likeness (QED) is 0.854. The van der Waals surface area contributed by atoms with Crippen molar-refractivity contribution < 1.29 is 13.2 Å². The fourth-order valence-corrected chi connectivity index (χ4v) is 3.41. The van der Waals surface area contributed by atoms with Gasteiger partial charge in [-0.1, -0.05) is 6.07 Å². The van der Waals surface area contributed by atoms with E-state index < -0.39 is 10.0 Å². The van der Waals surface area contributed by atoms with Crippen molar-refractivity contribution in [2.45, 2.75) is 19.9 Å². The Balaban J connectivity index is 2.48. The highest BCUT2D eigenvalue weighted by molar-refractivity contribution is 7.88. The normalized spacial score (nSPS) is 12.1. The third kappa shape index (κ3) is 4.40. The van der Waals surface area contributed by atoms with Gasteiger partial charge in [-0.2, -0.15) is 4.31 Å². The summed E-state index contributed by atoms with van der Waals surface area (Å²) in [6.45, 7) is 4.21. The van der Waals surface area contributed by atoms with Gasteiger partial charge in [0.25, 0.3) is 5.91 Å². The maximum atomic E-state index is 11.6. The molecule has 5 nitrogen and oxygen atoms in total. The molecule has 102 valence electrons. The molecular weight excluding hydrogens is 272 g/mol. The Morgan fingerprint density at radius 2 is 2.17 bits per heavy atom. The Kier molecular flexibility index (Phi) is 5.30. The number of nitrogens with one attached hydrogen (secondary N) is 1. The molecule has 0 radical (unpaired) electrons. The Morgan fingerprint density at radius 1 is 1.50 bits per heavy atom. The van der Waals surface area contributed by atoms with E-state index in [0.717, 1.165) is 0 Å². The zero-order chi connectivity index (χ0) is 13.8. The molecule has 1 rings (SSSR count). The highest BCUT2D eigenvalue weighted by Crippen LogP contribution is 2.08. The van der Waals surface area contributed by atoms with Crippen LogP contribution < -0.4 is 5.32 Å². The average Bonchev–Trinajstić information content (AvgIpc) is 2.74. The van der Waals surface area contributed by atoms with Gasteiger partial charge in [-0.25, -0.2) is 8.42 Å². The van der Waals surface area contributed by atoms with Crippen LogP contribution in [0, 0.1) is 0 Å². The monoisotopic (exact) mass is 290 g/mol. The molecule has 0 saturated carbocycles. The molecule has 0 unspecified atom stereocenters. The van der Waals surface area contributed by atoms with Gasteiger partial charge in [0.15, 0.2) is 0 Å². The Bertz CT molecular complexity index is 480. The van der Waals surface area contributed by atoms with Gasteiger partial charge >= 0.3 is 0 Å². The highest BCUT2D eigenvalue weighted by Gasteiger charge is 2.19. The molecule has 0 fully saturated rings. The molecule has 0 aliphatic carbocycles. The number of hydrogen-bond acceptors (Lipinski definition) is 4. The van der Waals surface area contributed by atoms with Crippen LogP contribution in [0.4, 0.5) is 0 Å². The molecule has 0 bridgehead atoms. The number of nitrogens with zero attached hydrogens (tertiary/aromatic N) is 1. The summed E-state index contributed by atoms with van der Waals surface area (Å²) in [5.74, 6) is -0.165. The maximum absolute atomic E-state index is 11.6. The summed E-state index contributed by atoms with van der Waals surface area (Å²) < 4.78 is 24.3. The van der Waals surface area contributed by atoms with E-state index in [-0.39, 0.29) is 18.5 Å². The van der Waals surface area contributed by atoms with Crippen molar-refractivity contribution >= 4 is 27.3 Å². The van der Waals surface area contributed by atoms with Crippen LogP contribution in [0.2, 0.25) is 0 Å². The summed E-state index contributed by atoms with van der Waals surface area (Å²) in [4.78, 5) is 12.3. The van der Waals surface area contributed by atoms with E-state index >= 15 is 0 Å². The minimum atomic E-state index is -3.23. The smallest absolute Gasteiger partial charge is 0.261 e. The SMILES string of the molecule is CC(C)N(CCNC(=O)c1cccs1)S(C)(=O)=O. The van der Waals surface area contributed by atoms with Crippen molar-refractivity contribution in [3.05, 3.63) is 22.4 Å². The van der Waals surface area contributed by atoms with Gasteiger partial charge in [0.1, 0.15) is 0 Å². The predicted octanol–water partition coefficient (Wildman–Crippen LogP) is 1.15. The molecule has 1 aromatic rings. The zero-order valence-corrected chi connectivity index (χ0v) is 12.3. The molecule has 1 heterocycles. The van der Waals surface area contributed by atoms with E-state index in [0.29, 0.717) is 11.4 Å². The van der Waals surface area contributed by atoms with Crippen LogP contribution in [0.1, 0.15) is 23.5 Å². The second kappa shape index (κ2) is 6.31. The van der Waals surface area contributed by atoms with Gasteiger partial charge in [0, 0.05) is 19.1 Å². The standard InChI is InChI=1S/C11H18N2O3S2/c1-9(2)13(18(3,15)16)7-6-12-11(14)10-5-4-8-17-10/h4-5,8-9H,6-7H2,1-3H3,(H,12,14). The van der Waals surface area contributed by atoms with Gasteiger partial charge in [-0.05, 0) is 25.3 Å². The lowest BCUT2D eigenvalue weighted by molar-refractivity contribution is 0.0954. The molecule has 1 amide bonds. The molecule has 1 N–H and O–H groups in total. The van der Waals surface area contributed by atoms with Crippen LogP contribution in [0.25, 0.3) is 0 Å². The molecule has 0 spiro atoms. The minimum absolute atomic E-state index is 0.112. The van der Waals surface area contributed by atoms with Crippen molar-refractivity contribution in [3.63, 3.8) is 0 Å². The van der Waals surface area contributed by atoms with Crippen LogP contribution >= 0.6 is 11.3 Å². The molecular formula is C11H18N2O3S2. The average molecular weight is 290 g/mol. The van der Waals surface area contributed by atoms with Crippen molar-refractivity contribution in [3.8, 4) is 0 Å². The lowest BCUT2D eigenvalue weighted by atomic mass is 10.4. The number of hydrogen-bond donors (Lipinski definition) is 1. The summed E-state index contributed by atoms with van der Waals surface area (Å²) in [5.41, 5.74) is 0. The largest absolute Gasteiger partial charge is 0.350 e. The van der Waals surface area contributed by atoms with E-state index in [4.69, 9.17) is 0 Å². The lowest BCUT2D eigenvalue weighted by Gasteiger charge is -2.23. The number of sulfonamides is 1. The molecule has 0 aliphatic rings. The molecule has 1 aromatic heterocycles. The first-order valence-corrected chi connectivity index (χ1v) is 8.33. The van der Waals surface area contributed by atoms with Crippen LogP contribution in [0.3, 0.4) is 0 Å². The topological polar surface area (TPSA) is 66.5 Å². The number of rotatable bonds is 6. The van der Waals surface area contributed by atoms with Gasteiger partial charge in [-0.3, -0.25) is 4.79 Å². The second-order valence-corrected chi connectivity index (χ2v) is 7.08. The number of thiophene rings is 1. The van der Waals surface area contributed by atoms with E-state index in [1.807, 2.05) is 19.2 Å². The van der Waals surface area contributed by atoms with Gasteiger partial charge in [0.05, 0.1) is 11.1 Å². The van der Waals surface area contributed by atoms with Crippen LogP contribution in [-0.2, 0) is 10.0 Å². The van der Waals surface area contributed by atoms with Gasteiger partial charge in [0.2, 0.25) is 10.0 Å². The fourth-order valence-electron chi connectivity index (χ4n) is 1.58. The van der Waals surface area contributed by atoms with E-state index in [1.54, 1.807) is 12.1 Å². The van der Waals surface area contributed by atoms with E-state index in [9.17, 15) is 13.2 Å². The maximum Gasteiger partial charge on any atom is 0.261 e. The minimum Gasteiger partial charge on any atom is -0.350 e. The third-order valence-corrected chi connectivity index (χ3v) is 4.69. The molecule has 0 saturated heterocycles. The van der Waals surface area contributed by atoms with Crippen molar-refractivity contribution in [1.82, 2.24) is 9.62 Å². The third-order valence-electron chi connectivity index (χ3n) is 2.36. The molecule has 0 aromatic carbocycles. The second-order valence-electron chi connectivity index (χ2n) is 4.20. The first-order chi connectivity index (χ1) is 8.32. The Hall–Kier alpha value is -0.920. The van der Waals surface area contributed by atoms with E-state index in [1.165, 1.54) is 21.9 Å². The van der Waals surface area contributed by atoms with Gasteiger partial charge in [-0.15, -0.1) is 11.3 Å². The van der Waals surface area contributed by atoms with Crippen molar-refractivity contribution in [1.29, 1.82) is 0 Å². The van der Waals surface area contributed by atoms with Crippen LogP contribution in [0.5, 0.6) is 0 Å². The highest BCUT2D eigenvalue weighted by atomic mass is 32.2. The summed E-state index contributed by atoms with van der Waals surface area (Å²) in [5, 5.41) is 4.53. The Morgan fingerprint density at radius 3 is 2.61 bits per heavy atom. The first kappa shape index (κ1) is 15.1. The number of carbonyl (C=O) groups is 1. The molecule has 18 heavy (non-hydrogen) atoms. The Labute approximate surface area is 112 Å². The number of amides is 1. The van der Waals surface area contributed by atoms with Crippen molar-refractivity contribution in [2.75, 3.05) is 19.3 Å². The van der Waals surface area contributed by atoms with Gasteiger partial charge < -0.3 is 5.32 Å². The van der Waals surface area contributed by atoms with Crippen LogP contribution in [-0.4, -0.2) is 44.0 Å². The summed E-state index contributed by atoms with van der Waals surface area (Å²) in [6.07, 6.45) is 1.17. The van der Waals surface area contributed by atoms with Crippen molar-refractivity contribution in [2.24, 2.45) is 0 Å². The molecule has 7 heteroatoms. The van der Waals surface area contributed by atoms with E-state index in [2.05, 4.69) is 5.32 Å².